The van der Waals surface area contributed by atoms with E-state index in [9.17, 15) is 22.4 Å². The van der Waals surface area contributed by atoms with Gasteiger partial charge in [0.25, 0.3) is 10.0 Å². The Morgan fingerprint density at radius 3 is 2.58 bits per heavy atom. The first-order valence-electron chi connectivity index (χ1n) is 10.3. The number of amides is 1. The summed E-state index contributed by atoms with van der Waals surface area (Å²) in [5.74, 6) is -1.03. The van der Waals surface area contributed by atoms with Crippen molar-refractivity contribution in [3.63, 3.8) is 0 Å². The summed E-state index contributed by atoms with van der Waals surface area (Å²) in [6.45, 7) is -0.0234. The Bertz CT molecular complexity index is 1370. The minimum atomic E-state index is -4.28. The molecular formula is C21H19FN4O7S3. The number of hydrogen-bond acceptors (Lipinski definition) is 11. The second kappa shape index (κ2) is 11.1. The molecule has 36 heavy (non-hydrogen) atoms. The van der Waals surface area contributed by atoms with Gasteiger partial charge in [0.05, 0.1) is 23.4 Å². The maximum absolute atomic E-state index is 13.6. The Morgan fingerprint density at radius 1 is 1.14 bits per heavy atom. The van der Waals surface area contributed by atoms with E-state index in [2.05, 4.69) is 20.3 Å². The minimum absolute atomic E-state index is 0.0190. The first kappa shape index (κ1) is 25.7. The Hall–Kier alpha value is -3.43. The molecule has 1 aromatic heterocycles. The summed E-state index contributed by atoms with van der Waals surface area (Å²) in [7, 11) is -3.01. The Labute approximate surface area is 213 Å². The zero-order valence-electron chi connectivity index (χ0n) is 18.7. The van der Waals surface area contributed by atoms with E-state index in [-0.39, 0.29) is 33.8 Å². The van der Waals surface area contributed by atoms with E-state index < -0.39 is 34.3 Å². The molecule has 15 heteroatoms. The van der Waals surface area contributed by atoms with Crippen LogP contribution in [0.25, 0.3) is 0 Å². The highest BCUT2D eigenvalue weighted by atomic mass is 32.2. The standard InChI is InChI=1S/C21H19FN4O7S3/c1-31-19(28)12-34-21-25-24-20(35-21)23-18(27)11-26(14-4-2-13(22)3-5-14)36(29,30)15-6-7-16-17(10-15)33-9-8-32-16/h2-7,10H,8-9,11-12H2,1H3,(H,23,24,27). The van der Waals surface area contributed by atoms with Crippen LogP contribution >= 0.6 is 23.1 Å². The number of rotatable bonds is 9. The highest BCUT2D eigenvalue weighted by Crippen LogP contribution is 2.34. The van der Waals surface area contributed by atoms with Gasteiger partial charge in [-0.3, -0.25) is 19.2 Å². The lowest BCUT2D eigenvalue weighted by Gasteiger charge is -2.25. The summed E-state index contributed by atoms with van der Waals surface area (Å²) >= 11 is 2.09. The third-order valence-corrected chi connectivity index (χ3v) is 8.41. The van der Waals surface area contributed by atoms with Crippen molar-refractivity contribution in [2.24, 2.45) is 0 Å². The Kier molecular flexibility index (Phi) is 7.91. The summed E-state index contributed by atoms with van der Waals surface area (Å²) < 4.78 is 57.4. The van der Waals surface area contributed by atoms with Gasteiger partial charge in [0.15, 0.2) is 15.8 Å². The molecule has 0 spiro atoms. The number of carbonyl (C=O) groups excluding carboxylic acids is 2. The smallest absolute Gasteiger partial charge is 0.316 e. The van der Waals surface area contributed by atoms with E-state index in [1.54, 1.807) is 0 Å². The quantitative estimate of drug-likeness (QED) is 0.239. The molecule has 0 fully saturated rings. The lowest BCUT2D eigenvalue weighted by molar-refractivity contribution is -0.137. The number of esters is 1. The third kappa shape index (κ3) is 6.03. The minimum Gasteiger partial charge on any atom is -0.486 e. The molecule has 4 rings (SSSR count). The number of hydrogen-bond donors (Lipinski definition) is 1. The van der Waals surface area contributed by atoms with Gasteiger partial charge in [-0.1, -0.05) is 23.1 Å². The van der Waals surface area contributed by atoms with Crippen LogP contribution in [0.3, 0.4) is 0 Å². The monoisotopic (exact) mass is 554 g/mol. The van der Waals surface area contributed by atoms with Crippen LogP contribution in [0, 0.1) is 5.82 Å². The van der Waals surface area contributed by atoms with Gasteiger partial charge < -0.3 is 14.2 Å². The molecule has 1 amide bonds. The maximum Gasteiger partial charge on any atom is 0.316 e. The van der Waals surface area contributed by atoms with Crippen molar-refractivity contribution in [1.29, 1.82) is 0 Å². The van der Waals surface area contributed by atoms with E-state index in [1.165, 1.54) is 37.4 Å². The molecule has 2 heterocycles. The molecule has 0 unspecified atom stereocenters. The summed E-state index contributed by atoms with van der Waals surface area (Å²) in [5, 5.41) is 10.3. The number of sulfonamides is 1. The van der Waals surface area contributed by atoms with Crippen molar-refractivity contribution in [2.75, 3.05) is 42.2 Å². The zero-order valence-corrected chi connectivity index (χ0v) is 21.1. The van der Waals surface area contributed by atoms with E-state index in [0.29, 0.717) is 16.7 Å². The largest absolute Gasteiger partial charge is 0.486 e. The molecule has 0 bridgehead atoms. The topological polar surface area (TPSA) is 137 Å². The molecule has 1 aliphatic heterocycles. The molecule has 190 valence electrons. The first-order chi connectivity index (χ1) is 17.3. The van der Waals surface area contributed by atoms with Crippen molar-refractivity contribution in [3.8, 4) is 11.5 Å². The van der Waals surface area contributed by atoms with E-state index in [1.807, 2.05) is 0 Å². The number of thioether (sulfide) groups is 1. The molecule has 0 saturated heterocycles. The number of methoxy groups -OCH3 is 1. The highest BCUT2D eigenvalue weighted by molar-refractivity contribution is 8.01. The van der Waals surface area contributed by atoms with Crippen molar-refractivity contribution in [1.82, 2.24) is 10.2 Å². The SMILES string of the molecule is COC(=O)CSc1nnc(NC(=O)CN(c2ccc(F)cc2)S(=O)(=O)c2ccc3c(c2)OCCO3)s1. The van der Waals surface area contributed by atoms with Gasteiger partial charge in [-0.25, -0.2) is 12.8 Å². The summed E-state index contributed by atoms with van der Waals surface area (Å²) in [4.78, 5) is 24.0. The Morgan fingerprint density at radius 2 is 1.86 bits per heavy atom. The van der Waals surface area contributed by atoms with Crippen LogP contribution in [0.5, 0.6) is 11.5 Å². The predicted molar refractivity (Wildman–Crippen MR) is 130 cm³/mol. The fourth-order valence-electron chi connectivity index (χ4n) is 3.02. The number of nitrogens with zero attached hydrogens (tertiary/aromatic N) is 3. The van der Waals surface area contributed by atoms with Crippen LogP contribution in [0.15, 0.2) is 51.7 Å². The summed E-state index contributed by atoms with van der Waals surface area (Å²) in [6, 6.07) is 8.82. The molecule has 3 aromatic rings. The lowest BCUT2D eigenvalue weighted by atomic mass is 10.3. The van der Waals surface area contributed by atoms with Gasteiger partial charge in [0, 0.05) is 6.07 Å². The van der Waals surface area contributed by atoms with Gasteiger partial charge in [0.2, 0.25) is 11.0 Å². The van der Waals surface area contributed by atoms with E-state index >= 15 is 0 Å². The number of anilines is 2. The van der Waals surface area contributed by atoms with Crippen LogP contribution in [-0.4, -0.2) is 63.1 Å². The molecule has 2 aromatic carbocycles. The number of carbonyl (C=O) groups is 2. The van der Waals surface area contributed by atoms with Crippen LogP contribution < -0.4 is 19.1 Å². The third-order valence-electron chi connectivity index (χ3n) is 4.70. The normalized spacial score (nSPS) is 12.6. The molecule has 0 saturated carbocycles. The van der Waals surface area contributed by atoms with Crippen molar-refractivity contribution < 1.29 is 36.6 Å². The molecule has 1 N–H and O–H groups in total. The number of ether oxygens (including phenoxy) is 3. The van der Waals surface area contributed by atoms with Gasteiger partial charge in [-0.2, -0.15) is 0 Å². The lowest BCUT2D eigenvalue weighted by Crippen LogP contribution is -2.38. The van der Waals surface area contributed by atoms with Crippen molar-refractivity contribution >= 4 is 55.8 Å². The molecule has 0 aliphatic carbocycles. The van der Waals surface area contributed by atoms with Crippen LogP contribution in [0.2, 0.25) is 0 Å². The number of nitrogens with one attached hydrogen (secondary N) is 1. The number of aromatic nitrogens is 2. The number of halogens is 1. The average molecular weight is 555 g/mol. The zero-order chi connectivity index (χ0) is 25.7. The first-order valence-corrected chi connectivity index (χ1v) is 13.5. The van der Waals surface area contributed by atoms with Gasteiger partial charge in [-0.05, 0) is 36.4 Å². The van der Waals surface area contributed by atoms with Crippen LogP contribution in [0.1, 0.15) is 0 Å². The second-order valence-corrected chi connectivity index (χ2v) is 11.1. The van der Waals surface area contributed by atoms with Gasteiger partial charge in [0.1, 0.15) is 25.6 Å². The van der Waals surface area contributed by atoms with E-state index in [4.69, 9.17) is 9.47 Å². The number of benzene rings is 2. The molecule has 0 radical (unpaired) electrons. The van der Waals surface area contributed by atoms with Gasteiger partial charge >= 0.3 is 5.97 Å². The average Bonchev–Trinajstić information content (AvgIpc) is 3.33. The maximum atomic E-state index is 13.6. The molecular weight excluding hydrogens is 535 g/mol. The fraction of sp³-hybridized carbons (Fsp3) is 0.238. The van der Waals surface area contributed by atoms with Gasteiger partial charge in [-0.15, -0.1) is 10.2 Å². The Balaban J connectivity index is 1.55. The van der Waals surface area contributed by atoms with Crippen LogP contribution in [-0.2, 0) is 24.3 Å². The molecule has 1 aliphatic rings. The van der Waals surface area contributed by atoms with Crippen molar-refractivity contribution in [3.05, 3.63) is 48.3 Å². The fourth-order valence-corrected chi connectivity index (χ4v) is 6.06. The molecule has 11 nitrogen and oxygen atoms in total. The summed E-state index contributed by atoms with van der Waals surface area (Å²) in [5.41, 5.74) is 0.0769. The number of fused-ring (bicyclic) bond motifs is 1. The van der Waals surface area contributed by atoms with Crippen LogP contribution in [0.4, 0.5) is 15.2 Å². The second-order valence-electron chi connectivity index (χ2n) is 7.08. The predicted octanol–water partition coefficient (Wildman–Crippen LogP) is 2.55. The molecule has 0 atom stereocenters. The summed E-state index contributed by atoms with van der Waals surface area (Å²) in [6.07, 6.45) is 0. The van der Waals surface area contributed by atoms with E-state index in [0.717, 1.165) is 39.5 Å². The highest BCUT2D eigenvalue weighted by Gasteiger charge is 2.29. The van der Waals surface area contributed by atoms with Crippen molar-refractivity contribution in [2.45, 2.75) is 9.24 Å².